The summed E-state index contributed by atoms with van der Waals surface area (Å²) in [6.45, 7) is 3.77. The molecule has 2 atom stereocenters. The van der Waals surface area contributed by atoms with Crippen LogP contribution in [0.4, 0.5) is 0 Å². The standard InChI is InChI=1S/C11H22N2O2/c1-3-9-4-5-13(10(6-9)7-12)11(14)8-15-2/h9-10H,3-8,12H2,1-2H3. The van der Waals surface area contributed by atoms with Gasteiger partial charge in [-0.1, -0.05) is 13.3 Å². The largest absolute Gasteiger partial charge is 0.375 e. The maximum Gasteiger partial charge on any atom is 0.248 e. The van der Waals surface area contributed by atoms with E-state index in [9.17, 15) is 4.79 Å². The molecule has 2 unspecified atom stereocenters. The highest BCUT2D eigenvalue weighted by molar-refractivity contribution is 5.77. The summed E-state index contributed by atoms with van der Waals surface area (Å²) in [4.78, 5) is 13.6. The second kappa shape index (κ2) is 6.08. The van der Waals surface area contributed by atoms with Crippen LogP contribution in [0.3, 0.4) is 0 Å². The van der Waals surface area contributed by atoms with Gasteiger partial charge in [0, 0.05) is 26.2 Å². The molecule has 0 bridgehead atoms. The lowest BCUT2D eigenvalue weighted by atomic mass is 9.89. The van der Waals surface area contributed by atoms with Crippen molar-refractivity contribution in [3.63, 3.8) is 0 Å². The van der Waals surface area contributed by atoms with Crippen molar-refractivity contribution in [1.29, 1.82) is 0 Å². The number of hydrogen-bond donors (Lipinski definition) is 1. The van der Waals surface area contributed by atoms with Gasteiger partial charge in [-0.05, 0) is 18.8 Å². The summed E-state index contributed by atoms with van der Waals surface area (Å²) in [6.07, 6.45) is 3.33. The Bertz CT molecular complexity index is 209. The van der Waals surface area contributed by atoms with Crippen LogP contribution >= 0.6 is 0 Å². The first-order valence-corrected chi connectivity index (χ1v) is 5.71. The zero-order chi connectivity index (χ0) is 11.3. The van der Waals surface area contributed by atoms with E-state index < -0.39 is 0 Å². The molecule has 1 fully saturated rings. The SMILES string of the molecule is CCC1CCN(C(=O)COC)C(CN)C1. The van der Waals surface area contributed by atoms with Gasteiger partial charge < -0.3 is 15.4 Å². The van der Waals surface area contributed by atoms with Gasteiger partial charge in [-0.2, -0.15) is 0 Å². The highest BCUT2D eigenvalue weighted by atomic mass is 16.5. The van der Waals surface area contributed by atoms with Gasteiger partial charge in [0.1, 0.15) is 6.61 Å². The predicted molar refractivity (Wildman–Crippen MR) is 59.4 cm³/mol. The number of nitrogens with two attached hydrogens (primary N) is 1. The molecule has 1 aliphatic heterocycles. The number of likely N-dealkylation sites (tertiary alicyclic amines) is 1. The van der Waals surface area contributed by atoms with Gasteiger partial charge in [-0.15, -0.1) is 0 Å². The third kappa shape index (κ3) is 3.18. The average molecular weight is 214 g/mol. The van der Waals surface area contributed by atoms with Crippen LogP contribution in [0.1, 0.15) is 26.2 Å². The Hall–Kier alpha value is -0.610. The molecular formula is C11H22N2O2. The maximum absolute atomic E-state index is 11.7. The molecule has 1 rings (SSSR count). The number of amides is 1. The van der Waals surface area contributed by atoms with Gasteiger partial charge in [0.15, 0.2) is 0 Å². The Morgan fingerprint density at radius 2 is 2.33 bits per heavy atom. The second-order valence-electron chi connectivity index (χ2n) is 4.21. The molecule has 0 radical (unpaired) electrons. The normalized spacial score (nSPS) is 26.7. The zero-order valence-corrected chi connectivity index (χ0v) is 9.74. The first kappa shape index (κ1) is 12.5. The molecule has 15 heavy (non-hydrogen) atoms. The summed E-state index contributed by atoms with van der Waals surface area (Å²) < 4.78 is 4.87. The van der Waals surface area contributed by atoms with Gasteiger partial charge in [0.05, 0.1) is 0 Å². The smallest absolute Gasteiger partial charge is 0.248 e. The molecule has 0 aliphatic carbocycles. The van der Waals surface area contributed by atoms with Crippen molar-refractivity contribution in [3.05, 3.63) is 0 Å². The minimum atomic E-state index is 0.0718. The molecule has 1 heterocycles. The maximum atomic E-state index is 11.7. The Kier molecular flexibility index (Phi) is 5.05. The number of carbonyl (C=O) groups excluding carboxylic acids is 1. The van der Waals surface area contributed by atoms with Crippen LogP contribution in [0.15, 0.2) is 0 Å². The van der Waals surface area contributed by atoms with E-state index in [4.69, 9.17) is 10.5 Å². The number of methoxy groups -OCH3 is 1. The van der Waals surface area contributed by atoms with Crippen molar-refractivity contribution < 1.29 is 9.53 Å². The summed E-state index contributed by atoms with van der Waals surface area (Å²) >= 11 is 0. The van der Waals surface area contributed by atoms with E-state index in [1.807, 2.05) is 4.90 Å². The van der Waals surface area contributed by atoms with E-state index in [2.05, 4.69) is 6.92 Å². The summed E-state index contributed by atoms with van der Waals surface area (Å²) in [5.74, 6) is 0.799. The van der Waals surface area contributed by atoms with Crippen LogP contribution < -0.4 is 5.73 Å². The van der Waals surface area contributed by atoms with Gasteiger partial charge in [-0.25, -0.2) is 0 Å². The van der Waals surface area contributed by atoms with E-state index in [1.165, 1.54) is 6.42 Å². The van der Waals surface area contributed by atoms with E-state index in [0.29, 0.717) is 6.54 Å². The number of carbonyl (C=O) groups is 1. The molecule has 0 saturated carbocycles. The fourth-order valence-corrected chi connectivity index (χ4v) is 2.26. The molecule has 1 amide bonds. The fraction of sp³-hybridized carbons (Fsp3) is 0.909. The molecule has 1 saturated heterocycles. The van der Waals surface area contributed by atoms with Crippen molar-refractivity contribution in [3.8, 4) is 0 Å². The van der Waals surface area contributed by atoms with Crippen molar-refractivity contribution in [1.82, 2.24) is 4.90 Å². The van der Waals surface area contributed by atoms with Gasteiger partial charge in [0.2, 0.25) is 5.91 Å². The third-order valence-corrected chi connectivity index (χ3v) is 3.26. The summed E-state index contributed by atoms with van der Waals surface area (Å²) in [6, 6.07) is 0.214. The van der Waals surface area contributed by atoms with Crippen LogP contribution in [0.5, 0.6) is 0 Å². The van der Waals surface area contributed by atoms with E-state index in [-0.39, 0.29) is 18.6 Å². The number of piperidine rings is 1. The highest BCUT2D eigenvalue weighted by Gasteiger charge is 2.29. The van der Waals surface area contributed by atoms with Gasteiger partial charge in [-0.3, -0.25) is 4.79 Å². The Balaban J connectivity index is 2.53. The first-order chi connectivity index (χ1) is 7.22. The molecule has 0 aromatic carbocycles. The monoisotopic (exact) mass is 214 g/mol. The minimum absolute atomic E-state index is 0.0718. The summed E-state index contributed by atoms with van der Waals surface area (Å²) in [7, 11) is 1.55. The first-order valence-electron chi connectivity index (χ1n) is 5.71. The fourth-order valence-electron chi connectivity index (χ4n) is 2.26. The lowest BCUT2D eigenvalue weighted by Gasteiger charge is -2.38. The quantitative estimate of drug-likeness (QED) is 0.746. The molecule has 0 spiro atoms. The van der Waals surface area contributed by atoms with Crippen LogP contribution in [0.2, 0.25) is 0 Å². The molecule has 4 heteroatoms. The van der Waals surface area contributed by atoms with E-state index in [1.54, 1.807) is 7.11 Å². The van der Waals surface area contributed by atoms with Crippen molar-refractivity contribution in [2.75, 3.05) is 26.8 Å². The number of rotatable bonds is 4. The number of ether oxygens (including phenoxy) is 1. The lowest BCUT2D eigenvalue weighted by Crippen LogP contribution is -2.50. The van der Waals surface area contributed by atoms with Crippen LogP contribution in [0.25, 0.3) is 0 Å². The Morgan fingerprint density at radius 1 is 1.60 bits per heavy atom. The Labute approximate surface area is 91.8 Å². The average Bonchev–Trinajstić information content (AvgIpc) is 2.28. The second-order valence-corrected chi connectivity index (χ2v) is 4.21. The topological polar surface area (TPSA) is 55.6 Å². The Morgan fingerprint density at radius 3 is 2.87 bits per heavy atom. The molecule has 4 nitrogen and oxygen atoms in total. The van der Waals surface area contributed by atoms with Crippen molar-refractivity contribution in [2.24, 2.45) is 11.7 Å². The summed E-state index contributed by atoms with van der Waals surface area (Å²) in [5, 5.41) is 0. The molecule has 88 valence electrons. The molecule has 0 aromatic heterocycles. The predicted octanol–water partition coefficient (Wildman–Crippen LogP) is 0.609. The van der Waals surface area contributed by atoms with Gasteiger partial charge >= 0.3 is 0 Å². The van der Waals surface area contributed by atoms with Crippen LogP contribution in [0, 0.1) is 5.92 Å². The van der Waals surface area contributed by atoms with Gasteiger partial charge in [0.25, 0.3) is 0 Å². The third-order valence-electron chi connectivity index (χ3n) is 3.26. The lowest BCUT2D eigenvalue weighted by molar-refractivity contribution is -0.139. The summed E-state index contributed by atoms with van der Waals surface area (Å²) in [5.41, 5.74) is 5.71. The highest BCUT2D eigenvalue weighted by Crippen LogP contribution is 2.24. The van der Waals surface area contributed by atoms with Crippen molar-refractivity contribution >= 4 is 5.91 Å². The van der Waals surface area contributed by atoms with Crippen LogP contribution in [-0.2, 0) is 9.53 Å². The minimum Gasteiger partial charge on any atom is -0.375 e. The number of hydrogen-bond acceptors (Lipinski definition) is 3. The number of nitrogens with zero attached hydrogens (tertiary/aromatic N) is 1. The molecule has 2 N–H and O–H groups in total. The molecule has 0 aromatic rings. The molecular weight excluding hydrogens is 192 g/mol. The van der Waals surface area contributed by atoms with E-state index in [0.717, 1.165) is 25.3 Å². The van der Waals surface area contributed by atoms with Crippen molar-refractivity contribution in [2.45, 2.75) is 32.2 Å². The van der Waals surface area contributed by atoms with E-state index >= 15 is 0 Å². The zero-order valence-electron chi connectivity index (χ0n) is 9.74. The van der Waals surface area contributed by atoms with Crippen LogP contribution in [-0.4, -0.2) is 43.7 Å². The molecule has 1 aliphatic rings.